The van der Waals surface area contributed by atoms with Gasteiger partial charge in [-0.15, -0.1) is 0 Å². The van der Waals surface area contributed by atoms with Crippen LogP contribution in [0.5, 0.6) is 0 Å². The number of β-amino-alcohol motifs (C(OH)–C–C–N with tert-alkyl or cyclic N) is 1. The maximum Gasteiger partial charge on any atom is 0.0936 e. The van der Waals surface area contributed by atoms with Crippen LogP contribution < -0.4 is 5.73 Å². The van der Waals surface area contributed by atoms with Gasteiger partial charge in [-0.25, -0.2) is 0 Å². The van der Waals surface area contributed by atoms with E-state index in [1.807, 2.05) is 24.3 Å². The SMILES string of the molecule is Nc1ccccc1C(O)CN1CCCCC1CCO. The number of nitrogens with two attached hydrogens (primary N) is 1. The van der Waals surface area contributed by atoms with Crippen LogP contribution in [0.2, 0.25) is 0 Å². The molecule has 19 heavy (non-hydrogen) atoms. The van der Waals surface area contributed by atoms with Crippen molar-refractivity contribution >= 4 is 5.69 Å². The Kier molecular flexibility index (Phi) is 5.19. The topological polar surface area (TPSA) is 69.7 Å². The summed E-state index contributed by atoms with van der Waals surface area (Å²) in [5, 5.41) is 19.5. The molecule has 2 unspecified atom stereocenters. The Morgan fingerprint density at radius 2 is 2.11 bits per heavy atom. The number of anilines is 1. The van der Waals surface area contributed by atoms with Gasteiger partial charge < -0.3 is 15.9 Å². The molecule has 0 amide bonds. The van der Waals surface area contributed by atoms with Gasteiger partial charge in [-0.2, -0.15) is 0 Å². The molecule has 1 aliphatic heterocycles. The number of benzene rings is 1. The summed E-state index contributed by atoms with van der Waals surface area (Å²) >= 11 is 0. The van der Waals surface area contributed by atoms with Crippen LogP contribution in [0, 0.1) is 0 Å². The van der Waals surface area contributed by atoms with E-state index in [-0.39, 0.29) is 6.61 Å². The standard InChI is InChI=1S/C15H24N2O2/c16-14-7-2-1-6-13(14)15(19)11-17-9-4-3-5-12(17)8-10-18/h1-2,6-7,12,15,18-19H,3-5,8-11,16H2. The minimum absolute atomic E-state index is 0.213. The van der Waals surface area contributed by atoms with E-state index in [1.54, 1.807) is 0 Å². The first-order valence-corrected chi connectivity index (χ1v) is 7.09. The summed E-state index contributed by atoms with van der Waals surface area (Å²) in [6.07, 6.45) is 3.72. The number of nitrogen functional groups attached to an aromatic ring is 1. The minimum Gasteiger partial charge on any atom is -0.398 e. The van der Waals surface area contributed by atoms with Crippen LogP contribution in [-0.4, -0.2) is 40.9 Å². The molecule has 0 saturated carbocycles. The lowest BCUT2D eigenvalue weighted by atomic mass is 9.98. The third kappa shape index (κ3) is 3.69. The number of hydrogen-bond donors (Lipinski definition) is 3. The number of hydrogen-bond acceptors (Lipinski definition) is 4. The molecule has 106 valence electrons. The van der Waals surface area contributed by atoms with Gasteiger partial charge in [0.2, 0.25) is 0 Å². The molecule has 4 heteroatoms. The van der Waals surface area contributed by atoms with Gasteiger partial charge in [0.1, 0.15) is 0 Å². The molecule has 2 rings (SSSR count). The van der Waals surface area contributed by atoms with E-state index in [9.17, 15) is 5.11 Å². The van der Waals surface area contributed by atoms with Crippen LogP contribution in [0.25, 0.3) is 0 Å². The summed E-state index contributed by atoms with van der Waals surface area (Å²) in [7, 11) is 0. The van der Waals surface area contributed by atoms with Crippen molar-refractivity contribution in [1.29, 1.82) is 0 Å². The molecule has 0 aliphatic carbocycles. The Hall–Kier alpha value is -1.10. The lowest BCUT2D eigenvalue weighted by Gasteiger charge is -2.36. The Bertz CT molecular complexity index is 395. The summed E-state index contributed by atoms with van der Waals surface area (Å²) in [4.78, 5) is 2.29. The first kappa shape index (κ1) is 14.3. The minimum atomic E-state index is -0.555. The second kappa shape index (κ2) is 6.89. The van der Waals surface area contributed by atoms with Crippen molar-refractivity contribution in [3.8, 4) is 0 Å². The van der Waals surface area contributed by atoms with Crippen LogP contribution in [0.3, 0.4) is 0 Å². The summed E-state index contributed by atoms with van der Waals surface area (Å²) in [5.74, 6) is 0. The fourth-order valence-electron chi connectivity index (χ4n) is 2.91. The molecule has 1 aromatic rings. The molecule has 4 N–H and O–H groups in total. The summed E-state index contributed by atoms with van der Waals surface area (Å²) in [5.41, 5.74) is 7.35. The summed E-state index contributed by atoms with van der Waals surface area (Å²) in [6, 6.07) is 7.86. The van der Waals surface area contributed by atoms with Crippen LogP contribution in [0.1, 0.15) is 37.4 Å². The van der Waals surface area contributed by atoms with Crippen LogP contribution in [0.15, 0.2) is 24.3 Å². The van der Waals surface area contributed by atoms with Gasteiger partial charge in [0.25, 0.3) is 0 Å². The second-order valence-corrected chi connectivity index (χ2v) is 5.30. The molecule has 0 bridgehead atoms. The molecule has 1 saturated heterocycles. The van der Waals surface area contributed by atoms with Gasteiger partial charge in [-0.3, -0.25) is 4.90 Å². The van der Waals surface area contributed by atoms with Crippen molar-refractivity contribution in [1.82, 2.24) is 4.90 Å². The highest BCUT2D eigenvalue weighted by molar-refractivity contribution is 5.47. The van der Waals surface area contributed by atoms with Gasteiger partial charge in [-0.05, 0) is 31.9 Å². The smallest absolute Gasteiger partial charge is 0.0936 e. The number of para-hydroxylation sites is 1. The Morgan fingerprint density at radius 1 is 1.32 bits per heavy atom. The van der Waals surface area contributed by atoms with Gasteiger partial charge in [0.15, 0.2) is 0 Å². The second-order valence-electron chi connectivity index (χ2n) is 5.30. The largest absolute Gasteiger partial charge is 0.398 e. The fourth-order valence-corrected chi connectivity index (χ4v) is 2.91. The highest BCUT2D eigenvalue weighted by Gasteiger charge is 2.24. The number of aliphatic hydroxyl groups is 2. The third-order valence-electron chi connectivity index (χ3n) is 3.97. The fraction of sp³-hybridized carbons (Fsp3) is 0.600. The predicted octanol–water partition coefficient (Wildman–Crippen LogP) is 1.54. The molecule has 0 spiro atoms. The van der Waals surface area contributed by atoms with E-state index in [0.29, 0.717) is 18.3 Å². The zero-order valence-corrected chi connectivity index (χ0v) is 11.3. The maximum atomic E-state index is 10.4. The van der Waals surface area contributed by atoms with Crippen molar-refractivity contribution in [2.24, 2.45) is 0 Å². The Labute approximate surface area is 114 Å². The van der Waals surface area contributed by atoms with E-state index in [4.69, 9.17) is 10.8 Å². The zero-order chi connectivity index (χ0) is 13.7. The van der Waals surface area contributed by atoms with Gasteiger partial charge in [-0.1, -0.05) is 24.6 Å². The first-order chi connectivity index (χ1) is 9.22. The lowest BCUT2D eigenvalue weighted by molar-refractivity contribution is 0.0568. The average Bonchev–Trinajstić information content (AvgIpc) is 2.41. The summed E-state index contributed by atoms with van der Waals surface area (Å²) < 4.78 is 0. The maximum absolute atomic E-state index is 10.4. The highest BCUT2D eigenvalue weighted by Crippen LogP contribution is 2.25. The Balaban J connectivity index is 2.00. The normalized spacial score (nSPS) is 22.3. The number of likely N-dealkylation sites (tertiary alicyclic amines) is 1. The van der Waals surface area contributed by atoms with Crippen molar-refractivity contribution in [2.45, 2.75) is 37.8 Å². The monoisotopic (exact) mass is 264 g/mol. The van der Waals surface area contributed by atoms with E-state index in [0.717, 1.165) is 24.9 Å². The van der Waals surface area contributed by atoms with E-state index in [2.05, 4.69) is 4.90 Å². The predicted molar refractivity (Wildman–Crippen MR) is 76.7 cm³/mol. The third-order valence-corrected chi connectivity index (χ3v) is 3.97. The molecule has 4 nitrogen and oxygen atoms in total. The lowest BCUT2D eigenvalue weighted by Crippen LogP contribution is -2.42. The van der Waals surface area contributed by atoms with Crippen molar-refractivity contribution in [3.63, 3.8) is 0 Å². The number of aliphatic hydroxyl groups excluding tert-OH is 2. The molecule has 1 fully saturated rings. The van der Waals surface area contributed by atoms with Gasteiger partial charge in [0.05, 0.1) is 6.10 Å². The molecule has 1 aliphatic rings. The molecule has 2 atom stereocenters. The molecule has 0 aromatic heterocycles. The first-order valence-electron chi connectivity index (χ1n) is 7.09. The number of piperidine rings is 1. The molecule has 1 aromatic carbocycles. The number of rotatable bonds is 5. The van der Waals surface area contributed by atoms with Crippen LogP contribution in [0.4, 0.5) is 5.69 Å². The number of nitrogens with zero attached hydrogens (tertiary/aromatic N) is 1. The van der Waals surface area contributed by atoms with Crippen molar-refractivity contribution in [3.05, 3.63) is 29.8 Å². The van der Waals surface area contributed by atoms with Gasteiger partial charge >= 0.3 is 0 Å². The average molecular weight is 264 g/mol. The molecular weight excluding hydrogens is 240 g/mol. The highest BCUT2D eigenvalue weighted by atomic mass is 16.3. The quantitative estimate of drug-likeness (QED) is 0.706. The molecule has 0 radical (unpaired) electrons. The van der Waals surface area contributed by atoms with Crippen LogP contribution >= 0.6 is 0 Å². The van der Waals surface area contributed by atoms with Crippen molar-refractivity contribution < 1.29 is 10.2 Å². The molecular formula is C15H24N2O2. The van der Waals surface area contributed by atoms with E-state index >= 15 is 0 Å². The summed E-state index contributed by atoms with van der Waals surface area (Å²) in [6.45, 7) is 1.80. The van der Waals surface area contributed by atoms with Crippen LogP contribution in [-0.2, 0) is 0 Å². The van der Waals surface area contributed by atoms with E-state index in [1.165, 1.54) is 12.8 Å². The zero-order valence-electron chi connectivity index (χ0n) is 11.3. The van der Waals surface area contributed by atoms with Gasteiger partial charge in [0, 0.05) is 30.4 Å². The Morgan fingerprint density at radius 3 is 2.84 bits per heavy atom. The van der Waals surface area contributed by atoms with E-state index < -0.39 is 6.10 Å². The molecule has 1 heterocycles. The van der Waals surface area contributed by atoms with Crippen molar-refractivity contribution in [2.75, 3.05) is 25.4 Å².